The number of rotatable bonds is 6. The van der Waals surface area contributed by atoms with Gasteiger partial charge in [0, 0.05) is 32.0 Å². The van der Waals surface area contributed by atoms with E-state index >= 15 is 0 Å². The Hall–Kier alpha value is -1.75. The van der Waals surface area contributed by atoms with Gasteiger partial charge in [-0.3, -0.25) is 4.79 Å². The number of nitrogen functional groups attached to an aromatic ring is 1. The summed E-state index contributed by atoms with van der Waals surface area (Å²) in [4.78, 5) is 13.7. The van der Waals surface area contributed by atoms with Gasteiger partial charge in [-0.15, -0.1) is 0 Å². The van der Waals surface area contributed by atoms with Crippen molar-refractivity contribution in [2.45, 2.75) is 25.4 Å². The first-order valence-electron chi connectivity index (χ1n) is 6.99. The Bertz CT molecular complexity index is 444. The molecule has 1 atom stereocenters. The van der Waals surface area contributed by atoms with Gasteiger partial charge in [-0.1, -0.05) is 6.07 Å². The first-order chi connectivity index (χ1) is 9.65. The number of nitrogens with two attached hydrogens (primary N) is 1. The van der Waals surface area contributed by atoms with E-state index < -0.39 is 0 Å². The summed E-state index contributed by atoms with van der Waals surface area (Å²) in [6.07, 6.45) is 2.68. The monoisotopic (exact) mass is 278 g/mol. The van der Waals surface area contributed by atoms with E-state index in [1.165, 1.54) is 0 Å². The molecule has 1 aliphatic rings. The lowest BCUT2D eigenvalue weighted by molar-refractivity contribution is -0.131. The Kier molecular flexibility index (Phi) is 5.24. The average molecular weight is 278 g/mol. The lowest BCUT2D eigenvalue weighted by Gasteiger charge is -2.20. The molecule has 1 aliphatic heterocycles. The van der Waals surface area contributed by atoms with Gasteiger partial charge in [-0.2, -0.15) is 0 Å². The molecule has 0 aromatic heterocycles. The second-order valence-corrected chi connectivity index (χ2v) is 5.08. The molecule has 0 aliphatic carbocycles. The molecular formula is C15H22N2O3. The van der Waals surface area contributed by atoms with Crippen LogP contribution in [0.3, 0.4) is 0 Å². The van der Waals surface area contributed by atoms with Crippen LogP contribution >= 0.6 is 0 Å². The van der Waals surface area contributed by atoms with Gasteiger partial charge in [0.2, 0.25) is 5.91 Å². The maximum atomic E-state index is 12.0. The molecule has 0 bridgehead atoms. The lowest BCUT2D eigenvalue weighted by atomic mass is 10.2. The number of hydrogen-bond acceptors (Lipinski definition) is 4. The summed E-state index contributed by atoms with van der Waals surface area (Å²) in [5.41, 5.74) is 6.32. The van der Waals surface area contributed by atoms with Crippen molar-refractivity contribution in [3.05, 3.63) is 24.3 Å². The number of carbonyl (C=O) groups excluding carboxylic acids is 1. The lowest BCUT2D eigenvalue weighted by Crippen LogP contribution is -2.34. The fourth-order valence-electron chi connectivity index (χ4n) is 2.25. The second-order valence-electron chi connectivity index (χ2n) is 5.08. The van der Waals surface area contributed by atoms with E-state index in [2.05, 4.69) is 0 Å². The third-order valence-electron chi connectivity index (χ3n) is 3.37. The standard InChI is InChI=1S/C15H22N2O3/c1-17(11-14-6-3-8-19-14)15(18)7-9-20-13-5-2-4-12(16)10-13/h2,4-5,10,14H,3,6-9,11,16H2,1H3. The predicted octanol–water partition coefficient (Wildman–Crippen LogP) is 1.68. The van der Waals surface area contributed by atoms with E-state index in [4.69, 9.17) is 15.2 Å². The molecular weight excluding hydrogens is 256 g/mol. The van der Waals surface area contributed by atoms with Crippen molar-refractivity contribution in [3.63, 3.8) is 0 Å². The second kappa shape index (κ2) is 7.14. The normalized spacial score (nSPS) is 17.9. The summed E-state index contributed by atoms with van der Waals surface area (Å²) in [6.45, 7) is 1.83. The van der Waals surface area contributed by atoms with Crippen molar-refractivity contribution in [2.24, 2.45) is 0 Å². The zero-order chi connectivity index (χ0) is 14.4. The maximum Gasteiger partial charge on any atom is 0.225 e. The number of benzene rings is 1. The highest BCUT2D eigenvalue weighted by atomic mass is 16.5. The molecule has 1 heterocycles. The molecule has 5 nitrogen and oxygen atoms in total. The number of likely N-dealkylation sites (N-methyl/N-ethyl adjacent to an activating group) is 1. The number of hydrogen-bond donors (Lipinski definition) is 1. The van der Waals surface area contributed by atoms with Crippen LogP contribution in [0.1, 0.15) is 19.3 Å². The molecule has 1 saturated heterocycles. The van der Waals surface area contributed by atoms with Crippen LogP contribution in [0.15, 0.2) is 24.3 Å². The van der Waals surface area contributed by atoms with E-state index in [0.29, 0.717) is 31.0 Å². The van der Waals surface area contributed by atoms with Crippen LogP contribution in [0.5, 0.6) is 5.75 Å². The summed E-state index contributed by atoms with van der Waals surface area (Å²) < 4.78 is 11.0. The van der Waals surface area contributed by atoms with Crippen LogP contribution in [-0.4, -0.2) is 43.7 Å². The van der Waals surface area contributed by atoms with Crippen molar-refractivity contribution in [1.29, 1.82) is 0 Å². The highest BCUT2D eigenvalue weighted by molar-refractivity contribution is 5.76. The van der Waals surface area contributed by atoms with E-state index in [-0.39, 0.29) is 12.0 Å². The van der Waals surface area contributed by atoms with Gasteiger partial charge in [0.15, 0.2) is 0 Å². The van der Waals surface area contributed by atoms with Crippen molar-refractivity contribution in [2.75, 3.05) is 32.5 Å². The highest BCUT2D eigenvalue weighted by Crippen LogP contribution is 2.15. The fraction of sp³-hybridized carbons (Fsp3) is 0.533. The van der Waals surface area contributed by atoms with E-state index in [0.717, 1.165) is 19.4 Å². The topological polar surface area (TPSA) is 64.8 Å². The molecule has 0 radical (unpaired) electrons. The smallest absolute Gasteiger partial charge is 0.225 e. The molecule has 5 heteroatoms. The minimum Gasteiger partial charge on any atom is -0.493 e. The first-order valence-corrected chi connectivity index (χ1v) is 6.99. The third-order valence-corrected chi connectivity index (χ3v) is 3.37. The Morgan fingerprint density at radius 1 is 1.55 bits per heavy atom. The van der Waals surface area contributed by atoms with E-state index in [1.807, 2.05) is 19.2 Å². The number of carbonyl (C=O) groups is 1. The van der Waals surface area contributed by atoms with Crippen LogP contribution in [0.2, 0.25) is 0 Å². The van der Waals surface area contributed by atoms with Gasteiger partial charge < -0.3 is 20.1 Å². The molecule has 0 saturated carbocycles. The number of nitrogens with zero attached hydrogens (tertiary/aromatic N) is 1. The van der Waals surface area contributed by atoms with Gasteiger partial charge in [-0.25, -0.2) is 0 Å². The Morgan fingerprint density at radius 3 is 3.10 bits per heavy atom. The van der Waals surface area contributed by atoms with Crippen LogP contribution in [0.4, 0.5) is 5.69 Å². The molecule has 20 heavy (non-hydrogen) atoms. The molecule has 1 aromatic carbocycles. The quantitative estimate of drug-likeness (QED) is 0.804. The zero-order valence-electron chi connectivity index (χ0n) is 11.9. The van der Waals surface area contributed by atoms with E-state index in [1.54, 1.807) is 17.0 Å². The summed E-state index contributed by atoms with van der Waals surface area (Å²) >= 11 is 0. The minimum absolute atomic E-state index is 0.0735. The van der Waals surface area contributed by atoms with Crippen LogP contribution in [0, 0.1) is 0 Å². The Morgan fingerprint density at radius 2 is 2.40 bits per heavy atom. The SMILES string of the molecule is CN(CC1CCCO1)C(=O)CCOc1cccc(N)c1. The van der Waals surface area contributed by atoms with Crippen molar-refractivity contribution >= 4 is 11.6 Å². The Balaban J connectivity index is 1.68. The summed E-state index contributed by atoms with van der Waals surface area (Å²) in [7, 11) is 1.81. The Labute approximate surface area is 119 Å². The van der Waals surface area contributed by atoms with Gasteiger partial charge >= 0.3 is 0 Å². The van der Waals surface area contributed by atoms with Crippen LogP contribution in [0.25, 0.3) is 0 Å². The molecule has 0 spiro atoms. The molecule has 1 amide bonds. The molecule has 110 valence electrons. The van der Waals surface area contributed by atoms with E-state index in [9.17, 15) is 4.79 Å². The third kappa shape index (κ3) is 4.42. The molecule has 1 fully saturated rings. The van der Waals surface area contributed by atoms with Crippen molar-refractivity contribution in [3.8, 4) is 5.75 Å². The number of ether oxygens (including phenoxy) is 2. The minimum atomic E-state index is 0.0735. The largest absolute Gasteiger partial charge is 0.493 e. The molecule has 2 rings (SSSR count). The van der Waals surface area contributed by atoms with Gasteiger partial charge in [0.1, 0.15) is 5.75 Å². The summed E-state index contributed by atoms with van der Waals surface area (Å²) in [5.74, 6) is 0.768. The van der Waals surface area contributed by atoms with Gasteiger partial charge in [-0.05, 0) is 25.0 Å². The molecule has 1 aromatic rings. The van der Waals surface area contributed by atoms with Gasteiger partial charge in [0.25, 0.3) is 0 Å². The number of anilines is 1. The fourth-order valence-corrected chi connectivity index (χ4v) is 2.25. The van der Waals surface area contributed by atoms with Crippen molar-refractivity contribution < 1.29 is 14.3 Å². The molecule has 2 N–H and O–H groups in total. The van der Waals surface area contributed by atoms with Gasteiger partial charge in [0.05, 0.1) is 19.1 Å². The highest BCUT2D eigenvalue weighted by Gasteiger charge is 2.19. The van der Waals surface area contributed by atoms with Crippen molar-refractivity contribution in [1.82, 2.24) is 4.90 Å². The number of amides is 1. The average Bonchev–Trinajstić information content (AvgIpc) is 2.91. The maximum absolute atomic E-state index is 12.0. The first kappa shape index (κ1) is 14.7. The zero-order valence-corrected chi connectivity index (χ0v) is 11.9. The van der Waals surface area contributed by atoms with Crippen LogP contribution < -0.4 is 10.5 Å². The predicted molar refractivity (Wildman–Crippen MR) is 77.6 cm³/mol. The van der Waals surface area contributed by atoms with Crippen LogP contribution in [-0.2, 0) is 9.53 Å². The summed E-state index contributed by atoms with van der Waals surface area (Å²) in [5, 5.41) is 0. The summed E-state index contributed by atoms with van der Waals surface area (Å²) in [6, 6.07) is 7.21. The molecule has 1 unspecified atom stereocenters.